The Morgan fingerprint density at radius 1 is 1.03 bits per heavy atom. The van der Waals surface area contributed by atoms with Gasteiger partial charge in [-0.2, -0.15) is 0 Å². The van der Waals surface area contributed by atoms with Gasteiger partial charge < -0.3 is 19.6 Å². The maximum Gasteiger partial charge on any atom is 0.410 e. The van der Waals surface area contributed by atoms with Crippen molar-refractivity contribution in [1.82, 2.24) is 9.80 Å². The van der Waals surface area contributed by atoms with E-state index in [0.29, 0.717) is 44.9 Å². The van der Waals surface area contributed by atoms with Crippen molar-refractivity contribution in [2.24, 2.45) is 11.3 Å². The zero-order valence-electron chi connectivity index (χ0n) is 21.6. The number of hydrogen-bond acceptors (Lipinski definition) is 4. The van der Waals surface area contributed by atoms with Crippen molar-refractivity contribution in [3.63, 3.8) is 0 Å². The van der Waals surface area contributed by atoms with Crippen LogP contribution in [0.4, 0.5) is 4.79 Å². The van der Waals surface area contributed by atoms with Crippen molar-refractivity contribution in [1.29, 1.82) is 0 Å². The van der Waals surface area contributed by atoms with E-state index in [4.69, 9.17) is 4.74 Å². The van der Waals surface area contributed by atoms with Gasteiger partial charge in [0.25, 0.3) is 0 Å². The van der Waals surface area contributed by atoms with Crippen molar-refractivity contribution >= 4 is 27.9 Å². The summed E-state index contributed by atoms with van der Waals surface area (Å²) in [5, 5.41) is 11.9. The first-order valence-electron chi connectivity index (χ1n) is 12.4. The van der Waals surface area contributed by atoms with Crippen LogP contribution in [0.1, 0.15) is 78.7 Å². The molecule has 1 aliphatic heterocycles. The molecule has 0 spiro atoms. The molecule has 0 bridgehead atoms. The van der Waals surface area contributed by atoms with Crippen LogP contribution in [0.2, 0.25) is 0 Å². The summed E-state index contributed by atoms with van der Waals surface area (Å²) in [6, 6.07) is 7.75. The Balaban J connectivity index is 1.78. The zero-order valence-corrected chi connectivity index (χ0v) is 23.2. The molecule has 1 N–H and O–H groups in total. The summed E-state index contributed by atoms with van der Waals surface area (Å²) in [6.45, 7) is 14.0. The van der Waals surface area contributed by atoms with Gasteiger partial charge in [-0.25, -0.2) is 4.79 Å². The average molecular weight is 538 g/mol. The standard InChI is InChI=1S/C27H41BrN2O4/c1-25(2,3)20-10-12-27(33,13-11-20)22(19-8-7-9-21(28)18-19)23(31)29-14-16-30(17-15-29)24(32)34-26(4,5)6/h7-9,18,20,22,33H,10-17H2,1-6H3. The van der Waals surface area contributed by atoms with Crippen molar-refractivity contribution in [3.05, 3.63) is 34.3 Å². The molecule has 1 aromatic rings. The Hall–Kier alpha value is -1.60. The highest BCUT2D eigenvalue weighted by Gasteiger charge is 2.48. The van der Waals surface area contributed by atoms with Crippen LogP contribution in [-0.4, -0.2) is 64.3 Å². The second-order valence-electron chi connectivity index (χ2n) is 12.0. The Labute approximate surface area is 213 Å². The molecular weight excluding hydrogens is 496 g/mol. The first-order valence-corrected chi connectivity index (χ1v) is 13.2. The molecular formula is C27H41BrN2O4. The van der Waals surface area contributed by atoms with Crippen LogP contribution in [0.5, 0.6) is 0 Å². The highest BCUT2D eigenvalue weighted by Crippen LogP contribution is 2.47. The van der Waals surface area contributed by atoms with E-state index in [1.165, 1.54) is 0 Å². The third-order valence-electron chi connectivity index (χ3n) is 7.29. The molecule has 2 aliphatic rings. The van der Waals surface area contributed by atoms with E-state index in [1.54, 1.807) is 9.80 Å². The molecule has 3 rings (SSSR count). The molecule has 34 heavy (non-hydrogen) atoms. The lowest BCUT2D eigenvalue weighted by atomic mass is 9.64. The number of halogens is 1. The molecule has 190 valence electrons. The Morgan fingerprint density at radius 2 is 1.59 bits per heavy atom. The van der Waals surface area contributed by atoms with Crippen LogP contribution in [-0.2, 0) is 9.53 Å². The molecule has 1 saturated carbocycles. The van der Waals surface area contributed by atoms with E-state index in [0.717, 1.165) is 22.9 Å². The minimum absolute atomic E-state index is 0.0568. The van der Waals surface area contributed by atoms with Crippen LogP contribution in [0.15, 0.2) is 28.7 Å². The van der Waals surface area contributed by atoms with E-state index in [2.05, 4.69) is 36.7 Å². The third-order valence-corrected chi connectivity index (χ3v) is 7.78. The van der Waals surface area contributed by atoms with E-state index < -0.39 is 17.1 Å². The number of ether oxygens (including phenoxy) is 1. The SMILES string of the molecule is CC(C)(C)OC(=O)N1CCN(C(=O)C(c2cccc(Br)c2)C2(O)CCC(C(C)(C)C)CC2)CC1. The quantitative estimate of drug-likeness (QED) is 0.547. The Bertz CT molecular complexity index is 873. The lowest BCUT2D eigenvalue weighted by molar-refractivity contribution is -0.144. The first-order chi connectivity index (χ1) is 15.7. The summed E-state index contributed by atoms with van der Waals surface area (Å²) in [4.78, 5) is 29.8. The highest BCUT2D eigenvalue weighted by atomic mass is 79.9. The molecule has 1 aliphatic carbocycles. The van der Waals surface area contributed by atoms with Crippen LogP contribution < -0.4 is 0 Å². The minimum atomic E-state index is -1.08. The lowest BCUT2D eigenvalue weighted by Crippen LogP contribution is -2.55. The number of hydrogen-bond donors (Lipinski definition) is 1. The van der Waals surface area contributed by atoms with E-state index in [1.807, 2.05) is 45.0 Å². The van der Waals surface area contributed by atoms with Crippen LogP contribution >= 0.6 is 15.9 Å². The summed E-state index contributed by atoms with van der Waals surface area (Å²) in [6.07, 6.45) is 2.68. The maximum atomic E-state index is 13.9. The number of amides is 2. The summed E-state index contributed by atoms with van der Waals surface area (Å²) in [5.41, 5.74) is -0.604. The summed E-state index contributed by atoms with van der Waals surface area (Å²) in [7, 11) is 0. The molecule has 2 amide bonds. The molecule has 1 heterocycles. The number of benzene rings is 1. The van der Waals surface area contributed by atoms with E-state index in [-0.39, 0.29) is 17.4 Å². The molecule has 6 nitrogen and oxygen atoms in total. The topological polar surface area (TPSA) is 70.1 Å². The first kappa shape index (κ1) is 27.0. The lowest BCUT2D eigenvalue weighted by Gasteiger charge is -2.46. The van der Waals surface area contributed by atoms with Gasteiger partial charge in [-0.3, -0.25) is 4.79 Å². The Morgan fingerprint density at radius 3 is 2.09 bits per heavy atom. The minimum Gasteiger partial charge on any atom is -0.444 e. The monoisotopic (exact) mass is 536 g/mol. The molecule has 1 aromatic carbocycles. The van der Waals surface area contributed by atoms with Gasteiger partial charge in [-0.1, -0.05) is 48.8 Å². The molecule has 1 unspecified atom stereocenters. The maximum absolute atomic E-state index is 13.9. The van der Waals surface area contributed by atoms with Crippen molar-refractivity contribution in [2.75, 3.05) is 26.2 Å². The second-order valence-corrected chi connectivity index (χ2v) is 12.9. The number of piperazine rings is 1. The van der Waals surface area contributed by atoms with Crippen molar-refractivity contribution in [2.45, 2.75) is 84.3 Å². The summed E-state index contributed by atoms with van der Waals surface area (Å²) in [5.74, 6) is -0.152. The summed E-state index contributed by atoms with van der Waals surface area (Å²) >= 11 is 3.54. The van der Waals surface area contributed by atoms with Crippen molar-refractivity contribution < 1.29 is 19.4 Å². The average Bonchev–Trinajstić information content (AvgIpc) is 2.72. The van der Waals surface area contributed by atoms with E-state index >= 15 is 0 Å². The number of carbonyl (C=O) groups is 2. The molecule has 1 saturated heterocycles. The van der Waals surface area contributed by atoms with Gasteiger partial charge in [0.15, 0.2) is 0 Å². The van der Waals surface area contributed by atoms with Gasteiger partial charge in [-0.15, -0.1) is 0 Å². The molecule has 2 fully saturated rings. The van der Waals surface area contributed by atoms with Crippen LogP contribution in [0, 0.1) is 11.3 Å². The van der Waals surface area contributed by atoms with Crippen molar-refractivity contribution in [3.8, 4) is 0 Å². The molecule has 0 aromatic heterocycles. The largest absolute Gasteiger partial charge is 0.444 e. The van der Waals surface area contributed by atoms with Gasteiger partial charge in [0, 0.05) is 30.7 Å². The van der Waals surface area contributed by atoms with Gasteiger partial charge in [-0.05, 0) is 75.5 Å². The van der Waals surface area contributed by atoms with Crippen LogP contribution in [0.3, 0.4) is 0 Å². The predicted molar refractivity (Wildman–Crippen MR) is 138 cm³/mol. The smallest absolute Gasteiger partial charge is 0.410 e. The normalized spacial score (nSPS) is 25.1. The van der Waals surface area contributed by atoms with Gasteiger partial charge in [0.1, 0.15) is 5.60 Å². The van der Waals surface area contributed by atoms with Gasteiger partial charge >= 0.3 is 6.09 Å². The fourth-order valence-electron chi connectivity index (χ4n) is 5.26. The number of carbonyl (C=O) groups excluding carboxylic acids is 2. The third kappa shape index (κ3) is 6.54. The molecule has 7 heteroatoms. The predicted octanol–water partition coefficient (Wildman–Crippen LogP) is 5.58. The fourth-order valence-corrected chi connectivity index (χ4v) is 5.68. The van der Waals surface area contributed by atoms with Gasteiger partial charge in [0.2, 0.25) is 5.91 Å². The van der Waals surface area contributed by atoms with Gasteiger partial charge in [0.05, 0.1) is 11.5 Å². The number of aliphatic hydroxyl groups is 1. The molecule has 1 atom stereocenters. The number of nitrogens with zero attached hydrogens (tertiary/aromatic N) is 2. The number of rotatable bonds is 3. The molecule has 0 radical (unpaired) electrons. The Kier molecular flexibility index (Phi) is 8.08. The van der Waals surface area contributed by atoms with E-state index in [9.17, 15) is 14.7 Å². The van der Waals surface area contributed by atoms with Crippen LogP contribution in [0.25, 0.3) is 0 Å². The highest BCUT2D eigenvalue weighted by molar-refractivity contribution is 9.10. The zero-order chi connectivity index (χ0) is 25.3. The summed E-state index contributed by atoms with van der Waals surface area (Å²) < 4.78 is 6.38. The second kappa shape index (κ2) is 10.2. The fraction of sp³-hybridized carbons (Fsp3) is 0.704.